The highest BCUT2D eigenvalue weighted by molar-refractivity contribution is 5.54. The topological polar surface area (TPSA) is 87.8 Å². The van der Waals surface area contributed by atoms with Gasteiger partial charge in [-0.25, -0.2) is 0 Å². The number of hydrogen-bond donors (Lipinski definition) is 0. The number of nitro groups is 1. The van der Waals surface area contributed by atoms with Gasteiger partial charge in [0.25, 0.3) is 5.69 Å². The zero-order valence-electron chi connectivity index (χ0n) is 11.0. The molecule has 0 heterocycles. The van der Waals surface area contributed by atoms with Crippen LogP contribution in [0.1, 0.15) is 11.1 Å². The van der Waals surface area contributed by atoms with E-state index in [2.05, 4.69) is 10.2 Å². The molecule has 101 valence electrons. The minimum absolute atomic E-state index is 0.00619. The van der Waals surface area contributed by atoms with E-state index in [4.69, 9.17) is 0 Å². The van der Waals surface area contributed by atoms with E-state index in [0.717, 1.165) is 5.56 Å². The molecule has 0 bridgehead atoms. The third-order valence-corrected chi connectivity index (χ3v) is 3.04. The molecule has 0 amide bonds. The van der Waals surface area contributed by atoms with E-state index in [0.29, 0.717) is 16.9 Å². The molecular formula is C14H12N3O3. The summed E-state index contributed by atoms with van der Waals surface area (Å²) in [7, 11) is 0. The monoisotopic (exact) mass is 270 g/mol. The highest BCUT2D eigenvalue weighted by Gasteiger charge is 2.06. The van der Waals surface area contributed by atoms with Gasteiger partial charge in [-0.05, 0) is 43.7 Å². The lowest BCUT2D eigenvalue weighted by Crippen LogP contribution is -1.85. The number of nitrogens with zero attached hydrogens (tertiary/aromatic N) is 3. The number of azo groups is 1. The van der Waals surface area contributed by atoms with Gasteiger partial charge >= 0.3 is 0 Å². The minimum atomic E-state index is -0.471. The zero-order valence-corrected chi connectivity index (χ0v) is 11.0. The summed E-state index contributed by atoms with van der Waals surface area (Å²) in [5.74, 6) is -0.0308. The molecule has 0 saturated heterocycles. The Morgan fingerprint density at radius 2 is 1.60 bits per heavy atom. The minimum Gasteiger partial charge on any atom is -0.290 e. The van der Waals surface area contributed by atoms with Gasteiger partial charge in [-0.1, -0.05) is 0 Å². The van der Waals surface area contributed by atoms with Crippen molar-refractivity contribution in [3.05, 3.63) is 57.6 Å². The van der Waals surface area contributed by atoms with Gasteiger partial charge in [0.15, 0.2) is 5.75 Å². The molecule has 0 aliphatic rings. The van der Waals surface area contributed by atoms with Crippen LogP contribution in [0.2, 0.25) is 0 Å². The molecule has 2 rings (SSSR count). The fraction of sp³-hybridized carbons (Fsp3) is 0.143. The first-order valence-electron chi connectivity index (χ1n) is 5.92. The van der Waals surface area contributed by atoms with Crippen molar-refractivity contribution in [1.82, 2.24) is 0 Å². The van der Waals surface area contributed by atoms with Crippen molar-refractivity contribution in [3.63, 3.8) is 0 Å². The van der Waals surface area contributed by atoms with Crippen molar-refractivity contribution in [2.75, 3.05) is 0 Å². The van der Waals surface area contributed by atoms with Crippen LogP contribution in [-0.2, 0) is 5.11 Å². The molecule has 0 atom stereocenters. The summed E-state index contributed by atoms with van der Waals surface area (Å²) in [5.41, 5.74) is 2.55. The fourth-order valence-corrected chi connectivity index (χ4v) is 1.64. The van der Waals surface area contributed by atoms with Crippen LogP contribution in [0.5, 0.6) is 5.75 Å². The molecule has 0 aromatic heterocycles. The largest absolute Gasteiger partial charge is 0.290 e. The molecule has 2 aromatic rings. The molecule has 20 heavy (non-hydrogen) atoms. The van der Waals surface area contributed by atoms with Crippen molar-refractivity contribution in [1.29, 1.82) is 0 Å². The number of rotatable bonds is 3. The van der Waals surface area contributed by atoms with E-state index in [1.807, 2.05) is 0 Å². The molecule has 1 radical (unpaired) electrons. The second-order valence-electron chi connectivity index (χ2n) is 4.31. The first-order chi connectivity index (χ1) is 9.49. The van der Waals surface area contributed by atoms with Gasteiger partial charge in [0.1, 0.15) is 0 Å². The van der Waals surface area contributed by atoms with E-state index in [9.17, 15) is 15.2 Å². The van der Waals surface area contributed by atoms with E-state index in [1.165, 1.54) is 30.3 Å². The van der Waals surface area contributed by atoms with E-state index in [-0.39, 0.29) is 11.4 Å². The van der Waals surface area contributed by atoms with Crippen molar-refractivity contribution in [3.8, 4) is 5.75 Å². The molecule has 0 aliphatic heterocycles. The van der Waals surface area contributed by atoms with Gasteiger partial charge in [0.2, 0.25) is 0 Å². The summed E-state index contributed by atoms with van der Waals surface area (Å²) in [6, 6.07) is 8.84. The van der Waals surface area contributed by atoms with E-state index < -0.39 is 4.92 Å². The maximum absolute atomic E-state index is 11.4. The normalized spacial score (nSPS) is 10.9. The zero-order chi connectivity index (χ0) is 14.7. The van der Waals surface area contributed by atoms with Gasteiger partial charge in [-0.3, -0.25) is 15.2 Å². The van der Waals surface area contributed by atoms with Crippen LogP contribution < -0.4 is 0 Å². The van der Waals surface area contributed by atoms with Gasteiger partial charge in [0, 0.05) is 17.7 Å². The molecule has 0 aliphatic carbocycles. The Balaban J connectivity index is 2.25. The average Bonchev–Trinajstić information content (AvgIpc) is 2.44. The third kappa shape index (κ3) is 2.80. The Morgan fingerprint density at radius 3 is 2.20 bits per heavy atom. The Morgan fingerprint density at radius 1 is 0.950 bits per heavy atom. The second kappa shape index (κ2) is 5.48. The number of non-ortho nitro benzene ring substituents is 1. The predicted molar refractivity (Wildman–Crippen MR) is 73.3 cm³/mol. The molecular weight excluding hydrogens is 258 g/mol. The summed E-state index contributed by atoms with van der Waals surface area (Å²) in [4.78, 5) is 10.1. The smallest absolute Gasteiger partial charge is 0.269 e. The van der Waals surface area contributed by atoms with E-state index in [1.54, 1.807) is 19.9 Å². The van der Waals surface area contributed by atoms with Gasteiger partial charge < -0.3 is 0 Å². The van der Waals surface area contributed by atoms with Crippen LogP contribution in [0, 0.1) is 24.0 Å². The Bertz CT molecular complexity index is 679. The molecule has 2 aromatic carbocycles. The van der Waals surface area contributed by atoms with Crippen LogP contribution in [0.3, 0.4) is 0 Å². The predicted octanol–water partition coefficient (Wildman–Crippen LogP) is 4.77. The first-order valence-corrected chi connectivity index (χ1v) is 5.92. The lowest BCUT2D eigenvalue weighted by atomic mass is 10.1. The summed E-state index contributed by atoms with van der Waals surface area (Å²) in [5, 5.41) is 30.0. The lowest BCUT2D eigenvalue weighted by Gasteiger charge is -2.03. The van der Waals surface area contributed by atoms with Crippen molar-refractivity contribution < 1.29 is 10.0 Å². The van der Waals surface area contributed by atoms with Crippen LogP contribution in [0.15, 0.2) is 46.6 Å². The summed E-state index contributed by atoms with van der Waals surface area (Å²) in [6.07, 6.45) is 0. The molecule has 0 saturated carbocycles. The first kappa shape index (κ1) is 13.7. The third-order valence-electron chi connectivity index (χ3n) is 3.04. The molecule has 6 heteroatoms. The molecule has 0 fully saturated rings. The molecule has 0 unspecified atom stereocenters. The van der Waals surface area contributed by atoms with Gasteiger partial charge in [-0.15, -0.1) is 0 Å². The SMILES string of the molecule is Cc1c([O])ccc(N=Nc2ccc([N+](=O)[O-])cc2)c1C. The second-order valence-corrected chi connectivity index (χ2v) is 4.31. The number of benzene rings is 2. The Kier molecular flexibility index (Phi) is 3.74. The summed E-state index contributed by atoms with van der Waals surface area (Å²) < 4.78 is 0. The molecule has 0 spiro atoms. The number of hydrogen-bond acceptors (Lipinski definition) is 4. The fourth-order valence-electron chi connectivity index (χ4n) is 1.64. The Hall–Kier alpha value is -2.76. The maximum atomic E-state index is 11.4. The van der Waals surface area contributed by atoms with Crippen LogP contribution in [0.25, 0.3) is 0 Å². The molecule has 0 N–H and O–H groups in total. The lowest BCUT2D eigenvalue weighted by molar-refractivity contribution is -0.384. The quantitative estimate of drug-likeness (QED) is 0.456. The van der Waals surface area contributed by atoms with Crippen molar-refractivity contribution in [2.24, 2.45) is 10.2 Å². The standard InChI is InChI=1S/C14H12N3O3/c1-9-10(2)14(18)8-7-13(9)16-15-11-3-5-12(6-4-11)17(19)20/h3-8H,1-2H3. The van der Waals surface area contributed by atoms with Crippen LogP contribution >= 0.6 is 0 Å². The average molecular weight is 270 g/mol. The van der Waals surface area contributed by atoms with E-state index >= 15 is 0 Å². The highest BCUT2D eigenvalue weighted by atomic mass is 16.6. The Labute approximate surface area is 115 Å². The van der Waals surface area contributed by atoms with Crippen molar-refractivity contribution in [2.45, 2.75) is 13.8 Å². The van der Waals surface area contributed by atoms with Crippen molar-refractivity contribution >= 4 is 17.1 Å². The van der Waals surface area contributed by atoms with Crippen LogP contribution in [-0.4, -0.2) is 4.92 Å². The summed E-state index contributed by atoms with van der Waals surface area (Å²) >= 11 is 0. The maximum Gasteiger partial charge on any atom is 0.269 e. The highest BCUT2D eigenvalue weighted by Crippen LogP contribution is 2.30. The van der Waals surface area contributed by atoms with Crippen LogP contribution in [0.4, 0.5) is 17.1 Å². The molecule has 6 nitrogen and oxygen atoms in total. The summed E-state index contributed by atoms with van der Waals surface area (Å²) in [6.45, 7) is 3.55. The number of nitro benzene ring substituents is 1. The van der Waals surface area contributed by atoms with Gasteiger partial charge in [-0.2, -0.15) is 10.2 Å². The van der Waals surface area contributed by atoms with Gasteiger partial charge in [0.05, 0.1) is 16.3 Å².